The van der Waals surface area contributed by atoms with Gasteiger partial charge in [-0.05, 0) is 35.7 Å². The van der Waals surface area contributed by atoms with Gasteiger partial charge in [0.2, 0.25) is 0 Å². The number of nitrogens with one attached hydrogen (secondary N) is 1. The summed E-state index contributed by atoms with van der Waals surface area (Å²) in [6.07, 6.45) is 1.09. The third kappa shape index (κ3) is 3.47. The molecule has 0 aliphatic carbocycles. The number of fused-ring (bicyclic) bond motifs is 1. The fourth-order valence-electron chi connectivity index (χ4n) is 2.16. The van der Waals surface area contributed by atoms with Crippen molar-refractivity contribution in [3.63, 3.8) is 0 Å². The molecular weight excluding hydrogens is 250 g/mol. The van der Waals surface area contributed by atoms with E-state index in [1.54, 1.807) is 0 Å². The molecule has 2 nitrogen and oxygen atoms in total. The van der Waals surface area contributed by atoms with Gasteiger partial charge in [-0.2, -0.15) is 0 Å². The van der Waals surface area contributed by atoms with Crippen LogP contribution in [0.1, 0.15) is 31.9 Å². The summed E-state index contributed by atoms with van der Waals surface area (Å²) in [4.78, 5) is 0. The third-order valence-electron chi connectivity index (χ3n) is 4.62. The second-order valence-electron chi connectivity index (χ2n) is 7.12. The van der Waals surface area contributed by atoms with Gasteiger partial charge in [0, 0.05) is 19.2 Å². The summed E-state index contributed by atoms with van der Waals surface area (Å²) in [7, 11) is -1.62. The largest absolute Gasteiger partial charge is 0.415 e. The summed E-state index contributed by atoms with van der Waals surface area (Å²) in [5, 5.41) is 3.89. The highest BCUT2D eigenvalue weighted by Gasteiger charge is 2.37. The van der Waals surface area contributed by atoms with Crippen molar-refractivity contribution in [2.24, 2.45) is 0 Å². The standard InChI is InChI=1S/C16H27NOSi/c1-16(2,3)19(4,5)18-12-15-10-13-8-6-7-9-14(13)11-17-15/h6-9,15,17H,10-12H2,1-5H3/t15-/m0/s1. The van der Waals surface area contributed by atoms with Crippen molar-refractivity contribution in [2.45, 2.75) is 57.9 Å². The SMILES string of the molecule is CC(C)(C)[Si](C)(C)OC[C@@H]1Cc2ccccc2CN1. The molecule has 0 fully saturated rings. The van der Waals surface area contributed by atoms with Crippen LogP contribution in [0.15, 0.2) is 24.3 Å². The second kappa shape index (κ2) is 5.39. The van der Waals surface area contributed by atoms with Crippen molar-refractivity contribution in [2.75, 3.05) is 6.61 Å². The lowest BCUT2D eigenvalue weighted by atomic mass is 9.96. The van der Waals surface area contributed by atoms with E-state index in [1.807, 2.05) is 0 Å². The molecule has 1 aromatic carbocycles. The average molecular weight is 277 g/mol. The van der Waals surface area contributed by atoms with Crippen molar-refractivity contribution in [1.82, 2.24) is 5.32 Å². The van der Waals surface area contributed by atoms with E-state index in [-0.39, 0.29) is 0 Å². The van der Waals surface area contributed by atoms with Gasteiger partial charge in [0.1, 0.15) is 0 Å². The van der Waals surface area contributed by atoms with Crippen molar-refractivity contribution in [3.8, 4) is 0 Å². The number of hydrogen-bond donors (Lipinski definition) is 1. The minimum Gasteiger partial charge on any atom is -0.415 e. The van der Waals surface area contributed by atoms with Crippen molar-refractivity contribution < 1.29 is 4.43 Å². The van der Waals surface area contributed by atoms with Gasteiger partial charge in [0.25, 0.3) is 0 Å². The zero-order valence-electron chi connectivity index (χ0n) is 12.9. The van der Waals surface area contributed by atoms with Gasteiger partial charge in [-0.1, -0.05) is 45.0 Å². The van der Waals surface area contributed by atoms with Gasteiger partial charge in [-0.15, -0.1) is 0 Å². The van der Waals surface area contributed by atoms with Gasteiger partial charge in [-0.25, -0.2) is 0 Å². The maximum atomic E-state index is 6.32. The number of rotatable bonds is 3. The van der Waals surface area contributed by atoms with Gasteiger partial charge in [0.05, 0.1) is 0 Å². The first-order valence-electron chi connectivity index (χ1n) is 7.24. The molecule has 106 valence electrons. The molecular formula is C16H27NOSi. The molecule has 2 rings (SSSR count). The van der Waals surface area contributed by atoms with Gasteiger partial charge in [-0.3, -0.25) is 0 Å². The first kappa shape index (κ1) is 14.8. The van der Waals surface area contributed by atoms with Crippen molar-refractivity contribution in [3.05, 3.63) is 35.4 Å². The molecule has 0 amide bonds. The van der Waals surface area contributed by atoms with E-state index in [1.165, 1.54) is 11.1 Å². The smallest absolute Gasteiger partial charge is 0.192 e. The molecule has 0 bridgehead atoms. The monoisotopic (exact) mass is 277 g/mol. The maximum Gasteiger partial charge on any atom is 0.192 e. The van der Waals surface area contributed by atoms with Crippen LogP contribution in [0, 0.1) is 0 Å². The van der Waals surface area contributed by atoms with Crippen LogP contribution in [0.3, 0.4) is 0 Å². The van der Waals surface area contributed by atoms with Gasteiger partial charge in [0.15, 0.2) is 8.32 Å². The van der Waals surface area contributed by atoms with Crippen LogP contribution in [-0.4, -0.2) is 21.0 Å². The number of benzene rings is 1. The Morgan fingerprint density at radius 3 is 2.47 bits per heavy atom. The van der Waals surface area contributed by atoms with Crippen LogP contribution in [0.5, 0.6) is 0 Å². The molecule has 1 N–H and O–H groups in total. The van der Waals surface area contributed by atoms with Crippen LogP contribution in [0.4, 0.5) is 0 Å². The first-order chi connectivity index (χ1) is 8.79. The van der Waals surface area contributed by atoms with E-state index in [0.29, 0.717) is 11.1 Å². The summed E-state index contributed by atoms with van der Waals surface area (Å²) in [6.45, 7) is 13.3. The zero-order chi connectivity index (χ0) is 14.1. The van der Waals surface area contributed by atoms with E-state index in [2.05, 4.69) is 63.4 Å². The predicted octanol–water partition coefficient (Wildman–Crippen LogP) is 3.72. The first-order valence-corrected chi connectivity index (χ1v) is 10.1. The minimum atomic E-state index is -1.62. The molecule has 0 saturated carbocycles. The highest BCUT2D eigenvalue weighted by molar-refractivity contribution is 6.74. The van der Waals surface area contributed by atoms with E-state index in [0.717, 1.165) is 19.6 Å². The van der Waals surface area contributed by atoms with Crippen LogP contribution in [-0.2, 0) is 17.4 Å². The highest BCUT2D eigenvalue weighted by Crippen LogP contribution is 2.36. The fraction of sp³-hybridized carbons (Fsp3) is 0.625. The average Bonchev–Trinajstić information content (AvgIpc) is 2.35. The molecule has 3 heteroatoms. The molecule has 0 unspecified atom stereocenters. The van der Waals surface area contributed by atoms with Gasteiger partial charge < -0.3 is 9.74 Å². The summed E-state index contributed by atoms with van der Waals surface area (Å²) in [5.41, 5.74) is 2.91. The molecule has 19 heavy (non-hydrogen) atoms. The van der Waals surface area contributed by atoms with E-state index >= 15 is 0 Å². The fourth-order valence-corrected chi connectivity index (χ4v) is 3.22. The Kier molecular flexibility index (Phi) is 4.19. The lowest BCUT2D eigenvalue weighted by molar-refractivity contribution is 0.236. The second-order valence-corrected chi connectivity index (χ2v) is 11.9. The molecule has 1 aliphatic heterocycles. The molecule has 0 radical (unpaired) electrons. The van der Waals surface area contributed by atoms with Crippen LogP contribution < -0.4 is 5.32 Å². The Morgan fingerprint density at radius 1 is 1.21 bits per heavy atom. The van der Waals surface area contributed by atoms with E-state index in [4.69, 9.17) is 4.43 Å². The summed E-state index contributed by atoms with van der Waals surface area (Å²) < 4.78 is 6.32. The Balaban J connectivity index is 1.93. The topological polar surface area (TPSA) is 21.3 Å². The molecule has 1 atom stereocenters. The van der Waals surface area contributed by atoms with Crippen LogP contribution in [0.2, 0.25) is 18.1 Å². The molecule has 0 aromatic heterocycles. The quantitative estimate of drug-likeness (QED) is 0.850. The van der Waals surface area contributed by atoms with Crippen LogP contribution in [0.25, 0.3) is 0 Å². The van der Waals surface area contributed by atoms with E-state index in [9.17, 15) is 0 Å². The predicted molar refractivity (Wildman–Crippen MR) is 83.9 cm³/mol. The Bertz CT molecular complexity index is 437. The summed E-state index contributed by atoms with van der Waals surface area (Å²) >= 11 is 0. The molecule has 1 aromatic rings. The van der Waals surface area contributed by atoms with E-state index < -0.39 is 8.32 Å². The highest BCUT2D eigenvalue weighted by atomic mass is 28.4. The molecule has 0 spiro atoms. The Morgan fingerprint density at radius 2 is 1.84 bits per heavy atom. The summed E-state index contributed by atoms with van der Waals surface area (Å²) in [6, 6.07) is 9.18. The zero-order valence-corrected chi connectivity index (χ0v) is 13.9. The molecule has 0 saturated heterocycles. The van der Waals surface area contributed by atoms with Gasteiger partial charge >= 0.3 is 0 Å². The Labute approximate surface area is 118 Å². The Hall–Kier alpha value is -0.643. The lowest BCUT2D eigenvalue weighted by Gasteiger charge is -2.38. The van der Waals surface area contributed by atoms with Crippen molar-refractivity contribution in [1.29, 1.82) is 0 Å². The normalized spacial score (nSPS) is 20.2. The summed E-state index contributed by atoms with van der Waals surface area (Å²) in [5.74, 6) is 0. The molecule has 1 heterocycles. The van der Waals surface area contributed by atoms with Crippen molar-refractivity contribution >= 4 is 8.32 Å². The van der Waals surface area contributed by atoms with Crippen LogP contribution >= 0.6 is 0 Å². The number of hydrogen-bond acceptors (Lipinski definition) is 2. The maximum absolute atomic E-state index is 6.32. The third-order valence-corrected chi connectivity index (χ3v) is 9.12. The lowest BCUT2D eigenvalue weighted by Crippen LogP contribution is -2.46. The molecule has 1 aliphatic rings. The minimum absolute atomic E-state index is 0.291.